The van der Waals surface area contributed by atoms with Gasteiger partial charge in [0.25, 0.3) is 0 Å². The Hall–Kier alpha value is -1.96. The molecule has 6 nitrogen and oxygen atoms in total. The molecule has 1 aromatic rings. The van der Waals surface area contributed by atoms with Gasteiger partial charge in [0.05, 0.1) is 17.9 Å². The lowest BCUT2D eigenvalue weighted by molar-refractivity contribution is -0.113. The first-order valence-electron chi connectivity index (χ1n) is 7.41. The molecule has 23 heavy (non-hydrogen) atoms. The first-order valence-corrected chi connectivity index (χ1v) is 8.90. The summed E-state index contributed by atoms with van der Waals surface area (Å²) < 4.78 is 30.9. The van der Waals surface area contributed by atoms with Gasteiger partial charge in [0.15, 0.2) is 12.4 Å². The molecule has 0 aromatic heterocycles. The number of nitrogens with zero attached hydrogens (tertiary/aromatic N) is 2. The third-order valence-electron chi connectivity index (χ3n) is 3.96. The topological polar surface area (TPSA) is 66.9 Å². The predicted molar refractivity (Wildman–Crippen MR) is 84.8 cm³/mol. The Kier molecular flexibility index (Phi) is 4.61. The highest BCUT2D eigenvalue weighted by Gasteiger charge is 2.32. The molecule has 3 rings (SSSR count). The van der Waals surface area contributed by atoms with Crippen LogP contribution in [0.25, 0.3) is 0 Å². The van der Waals surface area contributed by atoms with Crippen molar-refractivity contribution in [2.45, 2.75) is 12.5 Å². The van der Waals surface area contributed by atoms with Crippen LogP contribution >= 0.6 is 0 Å². The van der Waals surface area contributed by atoms with Crippen LogP contribution in [0.1, 0.15) is 6.42 Å². The van der Waals surface area contributed by atoms with Crippen LogP contribution in [0.15, 0.2) is 18.2 Å². The largest absolute Gasteiger partial charge is 0.436 e. The second-order valence-corrected chi connectivity index (χ2v) is 7.19. The van der Waals surface area contributed by atoms with Crippen molar-refractivity contribution in [2.24, 2.45) is 0 Å². The second kappa shape index (κ2) is 6.66. The van der Waals surface area contributed by atoms with Crippen LogP contribution < -0.4 is 9.80 Å². The van der Waals surface area contributed by atoms with E-state index in [0.29, 0.717) is 42.3 Å². The average molecular weight is 340 g/mol. The number of halogens is 1. The summed E-state index contributed by atoms with van der Waals surface area (Å²) in [5.41, 5.74) is 0.797. The summed E-state index contributed by atoms with van der Waals surface area (Å²) >= 11 is 0. The minimum atomic E-state index is -0.841. The monoisotopic (exact) mass is 340 g/mol. The van der Waals surface area contributed by atoms with Gasteiger partial charge in [0.2, 0.25) is 0 Å². The molecule has 1 amide bonds. The third-order valence-corrected chi connectivity index (χ3v) is 5.34. The van der Waals surface area contributed by atoms with Crippen molar-refractivity contribution < 1.29 is 22.9 Å². The molecule has 2 fully saturated rings. The van der Waals surface area contributed by atoms with Crippen molar-refractivity contribution >= 4 is 34.6 Å². The minimum Gasteiger partial charge on any atom is -0.436 e. The first kappa shape index (κ1) is 15.9. The zero-order chi connectivity index (χ0) is 16.4. The Labute approximate surface area is 135 Å². The third kappa shape index (κ3) is 3.36. The maximum absolute atomic E-state index is 14.5. The van der Waals surface area contributed by atoms with Crippen molar-refractivity contribution in [1.82, 2.24) is 0 Å². The number of carbonyl (C=O) groups is 2. The summed E-state index contributed by atoms with van der Waals surface area (Å²) in [6.07, 6.45) is -0.155. The van der Waals surface area contributed by atoms with Crippen LogP contribution in [0.3, 0.4) is 0 Å². The highest BCUT2D eigenvalue weighted by Crippen LogP contribution is 2.28. The van der Waals surface area contributed by atoms with E-state index in [1.54, 1.807) is 12.1 Å². The standard InChI is InChI=1S/C15H17FN2O4S/c16-13-8-11(18-9-12(10-19)22-15(18)20)2-3-14(13)17-4-1-6-23(21)7-5-17/h2-3,8,10,12H,1,4-7,9H2/t12-,23?/m1/s1. The molecule has 2 aliphatic rings. The lowest BCUT2D eigenvalue weighted by atomic mass is 10.2. The zero-order valence-electron chi connectivity index (χ0n) is 12.4. The van der Waals surface area contributed by atoms with E-state index in [2.05, 4.69) is 0 Å². The molecule has 2 heterocycles. The number of hydrogen-bond acceptors (Lipinski definition) is 5. The Morgan fingerprint density at radius 2 is 2.13 bits per heavy atom. The maximum Gasteiger partial charge on any atom is 0.415 e. The highest BCUT2D eigenvalue weighted by molar-refractivity contribution is 7.85. The first-order chi connectivity index (χ1) is 11.1. The normalized spacial score (nSPS) is 25.2. The van der Waals surface area contributed by atoms with Crippen molar-refractivity contribution in [2.75, 3.05) is 40.9 Å². The quantitative estimate of drug-likeness (QED) is 0.776. The molecular formula is C15H17FN2O4S. The van der Waals surface area contributed by atoms with Crippen molar-refractivity contribution in [3.8, 4) is 0 Å². The van der Waals surface area contributed by atoms with Gasteiger partial charge in [-0.3, -0.25) is 13.9 Å². The van der Waals surface area contributed by atoms with Crippen LogP contribution in [0.4, 0.5) is 20.6 Å². The van der Waals surface area contributed by atoms with E-state index < -0.39 is 28.8 Å². The molecule has 8 heteroatoms. The van der Waals surface area contributed by atoms with Gasteiger partial charge in [-0.25, -0.2) is 9.18 Å². The molecular weight excluding hydrogens is 323 g/mol. The molecule has 2 saturated heterocycles. The van der Waals surface area contributed by atoms with Crippen LogP contribution in [-0.2, 0) is 20.3 Å². The Morgan fingerprint density at radius 3 is 2.83 bits per heavy atom. The number of aldehydes is 1. The summed E-state index contributed by atoms with van der Waals surface area (Å²) in [6.45, 7) is 1.28. The van der Waals surface area contributed by atoms with Gasteiger partial charge >= 0.3 is 6.09 Å². The van der Waals surface area contributed by atoms with E-state index in [-0.39, 0.29) is 6.54 Å². The fourth-order valence-electron chi connectivity index (χ4n) is 2.77. The van der Waals surface area contributed by atoms with Crippen LogP contribution in [0.5, 0.6) is 0 Å². The summed E-state index contributed by atoms with van der Waals surface area (Å²) in [5.74, 6) is 0.723. The van der Waals surface area contributed by atoms with Crippen LogP contribution in [0.2, 0.25) is 0 Å². The van der Waals surface area contributed by atoms with E-state index >= 15 is 0 Å². The number of carbonyl (C=O) groups excluding carboxylic acids is 2. The number of ether oxygens (including phenoxy) is 1. The smallest absolute Gasteiger partial charge is 0.415 e. The van der Waals surface area contributed by atoms with Gasteiger partial charge in [-0.2, -0.15) is 0 Å². The van der Waals surface area contributed by atoms with Crippen molar-refractivity contribution in [3.05, 3.63) is 24.0 Å². The van der Waals surface area contributed by atoms with Gasteiger partial charge in [0, 0.05) is 35.4 Å². The fourth-order valence-corrected chi connectivity index (χ4v) is 3.85. The number of hydrogen-bond donors (Lipinski definition) is 0. The summed E-state index contributed by atoms with van der Waals surface area (Å²) in [7, 11) is -0.841. The molecule has 2 aliphatic heterocycles. The Morgan fingerprint density at radius 1 is 1.30 bits per heavy atom. The molecule has 2 atom stereocenters. The molecule has 124 valence electrons. The summed E-state index contributed by atoms with van der Waals surface area (Å²) in [4.78, 5) is 25.5. The number of cyclic esters (lactones) is 1. The maximum atomic E-state index is 14.5. The zero-order valence-corrected chi connectivity index (χ0v) is 13.3. The highest BCUT2D eigenvalue weighted by atomic mass is 32.2. The van der Waals surface area contributed by atoms with E-state index in [4.69, 9.17) is 4.74 Å². The second-order valence-electron chi connectivity index (χ2n) is 5.49. The molecule has 0 N–H and O–H groups in total. The van der Waals surface area contributed by atoms with Gasteiger partial charge < -0.3 is 9.64 Å². The molecule has 0 bridgehead atoms. The molecule has 1 unspecified atom stereocenters. The van der Waals surface area contributed by atoms with E-state index in [9.17, 15) is 18.2 Å². The number of anilines is 2. The van der Waals surface area contributed by atoms with Crippen LogP contribution in [0, 0.1) is 5.82 Å². The minimum absolute atomic E-state index is 0.0871. The van der Waals surface area contributed by atoms with Crippen LogP contribution in [-0.4, -0.2) is 53.8 Å². The summed E-state index contributed by atoms with van der Waals surface area (Å²) in [5, 5.41) is 0. The molecule has 0 aliphatic carbocycles. The lowest BCUT2D eigenvalue weighted by Crippen LogP contribution is -2.28. The Balaban J connectivity index is 1.79. The average Bonchev–Trinajstić information content (AvgIpc) is 2.78. The van der Waals surface area contributed by atoms with Crippen molar-refractivity contribution in [1.29, 1.82) is 0 Å². The van der Waals surface area contributed by atoms with E-state index in [1.807, 2.05) is 4.90 Å². The van der Waals surface area contributed by atoms with Gasteiger partial charge in [-0.15, -0.1) is 0 Å². The number of amides is 1. The molecule has 1 aromatic carbocycles. The van der Waals surface area contributed by atoms with Gasteiger partial charge in [-0.1, -0.05) is 0 Å². The number of rotatable bonds is 3. The van der Waals surface area contributed by atoms with Crippen molar-refractivity contribution in [3.63, 3.8) is 0 Å². The van der Waals surface area contributed by atoms with E-state index in [0.717, 1.165) is 6.42 Å². The van der Waals surface area contributed by atoms with E-state index in [1.165, 1.54) is 11.0 Å². The van der Waals surface area contributed by atoms with Gasteiger partial charge in [-0.05, 0) is 24.6 Å². The fraction of sp³-hybridized carbons (Fsp3) is 0.467. The molecule has 0 saturated carbocycles. The molecule has 0 radical (unpaired) electrons. The summed E-state index contributed by atoms with van der Waals surface area (Å²) in [6, 6.07) is 4.51. The SMILES string of the molecule is O=C[C@H]1CN(c2ccc(N3CCCS(=O)CC3)c(F)c2)C(=O)O1. The van der Waals surface area contributed by atoms with Gasteiger partial charge in [0.1, 0.15) is 5.82 Å². The lowest BCUT2D eigenvalue weighted by Gasteiger charge is -2.23. The Bertz CT molecular complexity index is 654. The molecule has 0 spiro atoms. The number of benzene rings is 1. The predicted octanol–water partition coefficient (Wildman–Crippen LogP) is 1.31.